The van der Waals surface area contributed by atoms with Crippen molar-refractivity contribution in [1.29, 1.82) is 0 Å². The second-order valence-corrected chi connectivity index (χ2v) is 7.95. The number of nitrogens with zero attached hydrogens (tertiary/aromatic N) is 3. The standard InChI is InChI=1S/C12H15N3O6S2/c1-22(16,17)20-8-11-12(9-21-23(2,18)19)15(14-13-11)10-6-4-3-5-7-10/h3-7H,8-9H2,1-2H3. The lowest BCUT2D eigenvalue weighted by atomic mass is 10.3. The normalized spacial score (nSPS) is 12.4. The minimum Gasteiger partial charge on any atom is -0.264 e. The van der Waals surface area contributed by atoms with Gasteiger partial charge in [0.2, 0.25) is 0 Å². The van der Waals surface area contributed by atoms with Crippen molar-refractivity contribution in [2.75, 3.05) is 12.5 Å². The van der Waals surface area contributed by atoms with Crippen molar-refractivity contribution >= 4 is 20.2 Å². The third-order valence-electron chi connectivity index (χ3n) is 2.66. The highest BCUT2D eigenvalue weighted by atomic mass is 32.2. The van der Waals surface area contributed by atoms with Crippen molar-refractivity contribution in [2.45, 2.75) is 13.2 Å². The Labute approximate surface area is 134 Å². The molecule has 11 heteroatoms. The van der Waals surface area contributed by atoms with Gasteiger partial charge in [-0.25, -0.2) is 4.68 Å². The van der Waals surface area contributed by atoms with E-state index < -0.39 is 20.2 Å². The maximum Gasteiger partial charge on any atom is 0.264 e. The number of rotatable bonds is 7. The maximum absolute atomic E-state index is 11.2. The van der Waals surface area contributed by atoms with Gasteiger partial charge in [0, 0.05) is 0 Å². The SMILES string of the molecule is CS(=O)(=O)OCc1nnn(-c2ccccc2)c1COS(C)(=O)=O. The van der Waals surface area contributed by atoms with E-state index in [1.54, 1.807) is 30.3 Å². The summed E-state index contributed by atoms with van der Waals surface area (Å²) in [5.41, 5.74) is 1.07. The van der Waals surface area contributed by atoms with Crippen molar-refractivity contribution in [2.24, 2.45) is 0 Å². The molecular formula is C12H15N3O6S2. The van der Waals surface area contributed by atoms with Crippen molar-refractivity contribution in [3.05, 3.63) is 41.7 Å². The Kier molecular flexibility index (Phi) is 5.14. The van der Waals surface area contributed by atoms with Crippen LogP contribution in [-0.2, 0) is 41.8 Å². The van der Waals surface area contributed by atoms with Crippen molar-refractivity contribution in [3.63, 3.8) is 0 Å². The van der Waals surface area contributed by atoms with Gasteiger partial charge in [-0.05, 0) is 12.1 Å². The molecule has 0 fully saturated rings. The first-order chi connectivity index (χ1) is 10.7. The molecule has 126 valence electrons. The molecule has 0 bridgehead atoms. The number of hydrogen-bond donors (Lipinski definition) is 0. The van der Waals surface area contributed by atoms with E-state index in [1.165, 1.54) is 4.68 Å². The molecule has 0 aliphatic carbocycles. The van der Waals surface area contributed by atoms with E-state index in [2.05, 4.69) is 14.5 Å². The predicted octanol–water partition coefficient (Wildman–Crippen LogP) is 0.220. The molecule has 0 N–H and O–H groups in total. The van der Waals surface area contributed by atoms with Crippen LogP contribution in [0.4, 0.5) is 0 Å². The molecule has 23 heavy (non-hydrogen) atoms. The number of aromatic nitrogens is 3. The first kappa shape index (κ1) is 17.5. The van der Waals surface area contributed by atoms with Gasteiger partial charge >= 0.3 is 0 Å². The number of hydrogen-bond acceptors (Lipinski definition) is 8. The Morgan fingerprint density at radius 2 is 1.52 bits per heavy atom. The molecule has 0 aliphatic rings. The third kappa shape index (κ3) is 5.39. The van der Waals surface area contributed by atoms with Gasteiger partial charge in [-0.2, -0.15) is 16.8 Å². The molecule has 0 aliphatic heterocycles. The summed E-state index contributed by atoms with van der Waals surface area (Å²) < 4.78 is 55.4. The molecule has 9 nitrogen and oxygen atoms in total. The molecule has 0 saturated carbocycles. The molecule has 2 aromatic rings. The molecular weight excluding hydrogens is 346 g/mol. The van der Waals surface area contributed by atoms with Gasteiger partial charge in [-0.1, -0.05) is 23.4 Å². The molecule has 0 spiro atoms. The summed E-state index contributed by atoms with van der Waals surface area (Å²) in [4.78, 5) is 0. The van der Waals surface area contributed by atoms with Crippen molar-refractivity contribution in [3.8, 4) is 5.69 Å². The van der Waals surface area contributed by atoms with Gasteiger partial charge in [-0.3, -0.25) is 8.37 Å². The van der Waals surface area contributed by atoms with Gasteiger partial charge in [0.15, 0.2) is 0 Å². The molecule has 0 unspecified atom stereocenters. The minimum atomic E-state index is -3.69. The van der Waals surface area contributed by atoms with Crippen LogP contribution in [0.1, 0.15) is 11.4 Å². The van der Waals surface area contributed by atoms with E-state index in [1.807, 2.05) is 0 Å². The maximum atomic E-state index is 11.2. The van der Waals surface area contributed by atoms with Gasteiger partial charge in [-0.15, -0.1) is 5.10 Å². The van der Waals surface area contributed by atoms with Crippen LogP contribution in [0.15, 0.2) is 30.3 Å². The smallest absolute Gasteiger partial charge is 0.264 e. The van der Waals surface area contributed by atoms with Crippen LogP contribution >= 0.6 is 0 Å². The summed E-state index contributed by atoms with van der Waals surface area (Å²) in [6, 6.07) is 8.82. The monoisotopic (exact) mass is 361 g/mol. The van der Waals surface area contributed by atoms with Crippen LogP contribution in [-0.4, -0.2) is 44.3 Å². The summed E-state index contributed by atoms with van der Waals surface area (Å²) in [6.45, 7) is -0.711. The van der Waals surface area contributed by atoms with Crippen molar-refractivity contribution in [1.82, 2.24) is 15.0 Å². The summed E-state index contributed by atoms with van der Waals surface area (Å²) >= 11 is 0. The van der Waals surface area contributed by atoms with Gasteiger partial charge in [0.1, 0.15) is 18.9 Å². The molecule has 1 aromatic carbocycles. The first-order valence-electron chi connectivity index (χ1n) is 6.33. The molecule has 0 atom stereocenters. The lowest BCUT2D eigenvalue weighted by molar-refractivity contribution is 0.285. The average Bonchev–Trinajstić information content (AvgIpc) is 2.85. The second-order valence-electron chi connectivity index (χ2n) is 4.66. The van der Waals surface area contributed by atoms with E-state index in [9.17, 15) is 16.8 Å². The number of benzene rings is 1. The number of para-hydroxylation sites is 1. The summed E-state index contributed by atoms with van der Waals surface area (Å²) in [5.74, 6) is 0. The molecule has 0 radical (unpaired) electrons. The Morgan fingerprint density at radius 3 is 2.09 bits per heavy atom. The van der Waals surface area contributed by atoms with Crippen LogP contribution < -0.4 is 0 Å². The van der Waals surface area contributed by atoms with Gasteiger partial charge in [0.05, 0.1) is 23.9 Å². The molecule has 1 aromatic heterocycles. The van der Waals surface area contributed by atoms with E-state index in [0.29, 0.717) is 5.69 Å². The Morgan fingerprint density at radius 1 is 0.957 bits per heavy atom. The zero-order chi connectivity index (χ0) is 17.1. The molecule has 0 saturated heterocycles. The third-order valence-corrected chi connectivity index (χ3v) is 3.76. The summed E-state index contributed by atoms with van der Waals surface area (Å²) in [6.07, 6.45) is 1.82. The molecule has 1 heterocycles. The highest BCUT2D eigenvalue weighted by Gasteiger charge is 2.18. The summed E-state index contributed by atoms with van der Waals surface area (Å²) in [5, 5.41) is 7.75. The second kappa shape index (κ2) is 6.74. The average molecular weight is 361 g/mol. The lowest BCUT2D eigenvalue weighted by Gasteiger charge is -2.08. The first-order valence-corrected chi connectivity index (χ1v) is 9.97. The highest BCUT2D eigenvalue weighted by Crippen LogP contribution is 2.16. The fourth-order valence-electron chi connectivity index (χ4n) is 1.69. The van der Waals surface area contributed by atoms with Gasteiger partial charge < -0.3 is 0 Å². The van der Waals surface area contributed by atoms with Crippen LogP contribution in [0.5, 0.6) is 0 Å². The van der Waals surface area contributed by atoms with Crippen LogP contribution in [0, 0.1) is 0 Å². The van der Waals surface area contributed by atoms with E-state index >= 15 is 0 Å². The van der Waals surface area contributed by atoms with Crippen molar-refractivity contribution < 1.29 is 25.2 Å². The predicted molar refractivity (Wildman–Crippen MR) is 80.6 cm³/mol. The molecule has 0 amide bonds. The zero-order valence-corrected chi connectivity index (χ0v) is 14.0. The van der Waals surface area contributed by atoms with Crippen LogP contribution in [0.3, 0.4) is 0 Å². The Balaban J connectivity index is 2.37. The highest BCUT2D eigenvalue weighted by molar-refractivity contribution is 7.86. The fourth-order valence-corrected chi connectivity index (χ4v) is 2.34. The largest absolute Gasteiger partial charge is 0.264 e. The van der Waals surface area contributed by atoms with Crippen LogP contribution in [0.2, 0.25) is 0 Å². The van der Waals surface area contributed by atoms with Gasteiger partial charge in [0.25, 0.3) is 20.2 Å². The summed E-state index contributed by atoms with van der Waals surface area (Å²) in [7, 11) is -7.36. The fraction of sp³-hybridized carbons (Fsp3) is 0.333. The Hall–Kier alpha value is -1.82. The minimum absolute atomic E-state index is 0.169. The topological polar surface area (TPSA) is 117 Å². The van der Waals surface area contributed by atoms with E-state index in [0.717, 1.165) is 12.5 Å². The van der Waals surface area contributed by atoms with E-state index in [4.69, 9.17) is 4.18 Å². The van der Waals surface area contributed by atoms with Crippen LogP contribution in [0.25, 0.3) is 5.69 Å². The Bertz CT molecular complexity index is 875. The molecule has 2 rings (SSSR count). The quantitative estimate of drug-likeness (QED) is 0.643. The zero-order valence-electron chi connectivity index (χ0n) is 12.4. The lowest BCUT2D eigenvalue weighted by Crippen LogP contribution is -2.11. The van der Waals surface area contributed by atoms with E-state index in [-0.39, 0.29) is 24.6 Å².